The molecule has 0 aromatic heterocycles. The maximum absolute atomic E-state index is 12.7. The minimum atomic E-state index is -1.30. The first-order chi connectivity index (χ1) is 20.8. The monoisotopic (exact) mass is 599 g/mol. The molecule has 1 aliphatic heterocycles. The Morgan fingerprint density at radius 1 is 1.02 bits per heavy atom. The lowest BCUT2D eigenvalue weighted by molar-refractivity contribution is -0.125. The van der Waals surface area contributed by atoms with Crippen molar-refractivity contribution in [3.05, 3.63) is 70.4 Å². The molecule has 2 aromatic rings. The summed E-state index contributed by atoms with van der Waals surface area (Å²) >= 11 is 0. The number of ether oxygens (including phenoxy) is 1. The summed E-state index contributed by atoms with van der Waals surface area (Å²) in [6.07, 6.45) is 4.31. The van der Waals surface area contributed by atoms with Crippen molar-refractivity contribution in [2.75, 3.05) is 11.9 Å². The second kappa shape index (κ2) is 12.6. The molecule has 4 rings (SSSR count). The minimum Gasteiger partial charge on any atom is -0.508 e. The molecule has 2 aromatic carbocycles. The van der Waals surface area contributed by atoms with Crippen molar-refractivity contribution in [2.24, 2.45) is 0 Å². The van der Waals surface area contributed by atoms with Gasteiger partial charge >= 0.3 is 12.1 Å². The number of carbonyl (C=O) groups excluding carboxylic acids is 3. The molecular formula is C32H29N3O9. The summed E-state index contributed by atoms with van der Waals surface area (Å²) in [5.41, 5.74) is 0.247. The van der Waals surface area contributed by atoms with Crippen molar-refractivity contribution in [3.8, 4) is 40.5 Å². The van der Waals surface area contributed by atoms with Crippen molar-refractivity contribution in [2.45, 2.75) is 38.8 Å². The van der Waals surface area contributed by atoms with Gasteiger partial charge in [-0.3, -0.25) is 14.4 Å². The number of benzene rings is 3. The number of terminal acetylenes is 1. The molecule has 0 radical (unpaired) electrons. The van der Waals surface area contributed by atoms with E-state index in [2.05, 4.69) is 21.9 Å². The molecule has 1 atom stereocenters. The first-order valence-electron chi connectivity index (χ1n) is 13.3. The predicted octanol–water partition coefficient (Wildman–Crippen LogP) is 3.94. The Balaban J connectivity index is 1.57. The van der Waals surface area contributed by atoms with Gasteiger partial charge in [0.05, 0.1) is 12.1 Å². The van der Waals surface area contributed by atoms with Crippen LogP contribution in [-0.2, 0) is 14.3 Å². The van der Waals surface area contributed by atoms with E-state index in [-0.39, 0.29) is 45.8 Å². The zero-order valence-corrected chi connectivity index (χ0v) is 24.0. The molecule has 1 heterocycles. The van der Waals surface area contributed by atoms with E-state index in [1.54, 1.807) is 26.8 Å². The fourth-order valence-corrected chi connectivity index (χ4v) is 4.44. The molecule has 44 heavy (non-hydrogen) atoms. The Labute approximate surface area is 251 Å². The number of hydrogen-bond donors (Lipinski definition) is 5. The highest BCUT2D eigenvalue weighted by atomic mass is 16.6. The number of phenolic OH excluding ortho intramolecular Hbond substituents is 1. The second-order valence-electron chi connectivity index (χ2n) is 10.8. The number of carboxylic acids is 1. The van der Waals surface area contributed by atoms with E-state index in [1.807, 2.05) is 0 Å². The third kappa shape index (κ3) is 7.32. The molecule has 5 N–H and O–H groups in total. The average molecular weight is 600 g/mol. The van der Waals surface area contributed by atoms with E-state index in [0.29, 0.717) is 16.5 Å². The number of phenols is 1. The summed E-state index contributed by atoms with van der Waals surface area (Å²) in [5.74, 6) is -0.289. The van der Waals surface area contributed by atoms with Crippen LogP contribution in [0.25, 0.3) is 33.4 Å². The Morgan fingerprint density at radius 3 is 2.43 bits per heavy atom. The standard InChI is InChI=1S/C32H29N3O9/c1-5-6-24(35-31(42)44-32(2,3)4)29(39)33-16-27(38)34-17-7-10-20(23(13-17)30(40)41)28-21-11-8-18(36)14-25(21)43-26-15-19(37)9-12-22(26)28/h1,7-15,24,36H,6,16H2,2-4H3,(H,33,39)(H,34,38)(H,35,42)(H,40,41)/t24-/m0/s1. The first-order valence-corrected chi connectivity index (χ1v) is 13.3. The van der Waals surface area contributed by atoms with Gasteiger partial charge in [-0.1, -0.05) is 6.07 Å². The number of carbonyl (C=O) groups is 4. The number of fused-ring (bicyclic) bond motifs is 2. The summed E-state index contributed by atoms with van der Waals surface area (Å²) in [6, 6.07) is 11.6. The van der Waals surface area contributed by atoms with Gasteiger partial charge in [0.1, 0.15) is 28.7 Å². The molecule has 12 nitrogen and oxygen atoms in total. The molecule has 1 aliphatic carbocycles. The summed E-state index contributed by atoms with van der Waals surface area (Å²) in [5, 5.41) is 27.9. The van der Waals surface area contributed by atoms with Crippen molar-refractivity contribution < 1.29 is 38.5 Å². The zero-order valence-electron chi connectivity index (χ0n) is 24.0. The highest BCUT2D eigenvalue weighted by molar-refractivity contribution is 6.08. The van der Waals surface area contributed by atoms with Crippen molar-refractivity contribution in [1.82, 2.24) is 10.6 Å². The van der Waals surface area contributed by atoms with Crippen LogP contribution >= 0.6 is 0 Å². The van der Waals surface area contributed by atoms with Gasteiger partial charge < -0.3 is 35.3 Å². The molecule has 2 aliphatic rings. The number of rotatable bonds is 8. The van der Waals surface area contributed by atoms with Crippen molar-refractivity contribution >= 4 is 40.5 Å². The number of carboxylic acid groups (broad SMARTS) is 1. The van der Waals surface area contributed by atoms with Crippen LogP contribution in [0.1, 0.15) is 37.6 Å². The quantitative estimate of drug-likeness (QED) is 0.148. The van der Waals surface area contributed by atoms with E-state index < -0.39 is 42.1 Å². The van der Waals surface area contributed by atoms with E-state index in [0.717, 1.165) is 0 Å². The maximum atomic E-state index is 12.7. The Morgan fingerprint density at radius 2 is 1.75 bits per heavy atom. The number of nitrogens with one attached hydrogen (secondary N) is 3. The summed E-state index contributed by atoms with van der Waals surface area (Å²) in [4.78, 5) is 61.8. The third-order valence-corrected chi connectivity index (χ3v) is 6.23. The van der Waals surface area contributed by atoms with E-state index in [4.69, 9.17) is 15.6 Å². The number of anilines is 1. The lowest BCUT2D eigenvalue weighted by Crippen LogP contribution is -2.49. The van der Waals surface area contributed by atoms with Gasteiger partial charge in [0.2, 0.25) is 11.8 Å². The molecule has 0 bridgehead atoms. The SMILES string of the molecule is C#CC[C@H](NC(=O)OC(C)(C)C)C(=O)NCC(=O)Nc1ccc(-c2c3ccc(=O)cc-3oc3cc(O)ccc23)c(C(=O)O)c1. The van der Waals surface area contributed by atoms with Gasteiger partial charge in [0, 0.05) is 40.8 Å². The molecule has 12 heteroatoms. The van der Waals surface area contributed by atoms with Gasteiger partial charge in [-0.2, -0.15) is 0 Å². The zero-order chi connectivity index (χ0) is 32.2. The van der Waals surface area contributed by atoms with Crippen LogP contribution in [0, 0.1) is 12.3 Å². The largest absolute Gasteiger partial charge is 0.508 e. The predicted molar refractivity (Wildman–Crippen MR) is 161 cm³/mol. The van der Waals surface area contributed by atoms with Crippen LogP contribution in [0.5, 0.6) is 5.75 Å². The van der Waals surface area contributed by atoms with Crippen LogP contribution in [0.2, 0.25) is 0 Å². The molecule has 226 valence electrons. The van der Waals surface area contributed by atoms with E-state index >= 15 is 0 Å². The molecule has 0 saturated carbocycles. The van der Waals surface area contributed by atoms with E-state index in [9.17, 15) is 34.2 Å². The first kappa shape index (κ1) is 31.1. The van der Waals surface area contributed by atoms with Gasteiger partial charge in [-0.05, 0) is 62.7 Å². The fourth-order valence-electron chi connectivity index (χ4n) is 4.44. The van der Waals surface area contributed by atoms with Crippen molar-refractivity contribution in [3.63, 3.8) is 0 Å². The van der Waals surface area contributed by atoms with Gasteiger partial charge in [-0.15, -0.1) is 12.3 Å². The fraction of sp³-hybridized carbons (Fsp3) is 0.219. The third-order valence-electron chi connectivity index (χ3n) is 6.23. The summed E-state index contributed by atoms with van der Waals surface area (Å²) < 4.78 is 11.0. The molecule has 3 amide bonds. The molecule has 0 spiro atoms. The number of aromatic carboxylic acids is 1. The number of hydrogen-bond acceptors (Lipinski definition) is 8. The molecule has 0 fully saturated rings. The van der Waals surface area contributed by atoms with Crippen LogP contribution in [-0.4, -0.2) is 52.3 Å². The van der Waals surface area contributed by atoms with Crippen LogP contribution in [0.4, 0.5) is 10.5 Å². The van der Waals surface area contributed by atoms with Crippen LogP contribution < -0.4 is 21.4 Å². The Kier molecular flexibility index (Phi) is 8.90. The number of aromatic hydroxyl groups is 1. The van der Waals surface area contributed by atoms with Gasteiger partial charge in [-0.25, -0.2) is 9.59 Å². The maximum Gasteiger partial charge on any atom is 0.408 e. The van der Waals surface area contributed by atoms with Crippen LogP contribution in [0.3, 0.4) is 0 Å². The Hall–Kier alpha value is -5.83. The summed E-state index contributed by atoms with van der Waals surface area (Å²) in [6.45, 7) is 4.47. The molecule has 0 saturated heterocycles. The average Bonchev–Trinajstić information content (AvgIpc) is 2.93. The number of amides is 3. The highest BCUT2D eigenvalue weighted by Crippen LogP contribution is 2.42. The van der Waals surface area contributed by atoms with Crippen molar-refractivity contribution in [1.29, 1.82) is 0 Å². The van der Waals surface area contributed by atoms with Crippen LogP contribution in [0.15, 0.2) is 63.8 Å². The molecule has 0 unspecified atom stereocenters. The molecular weight excluding hydrogens is 570 g/mol. The number of alkyl carbamates (subject to hydrolysis) is 1. The minimum absolute atomic E-state index is 0.0836. The lowest BCUT2D eigenvalue weighted by Gasteiger charge is -2.22. The Bertz CT molecular complexity index is 1850. The normalized spacial score (nSPS) is 11.8. The smallest absolute Gasteiger partial charge is 0.408 e. The second-order valence-corrected chi connectivity index (χ2v) is 10.8. The summed E-state index contributed by atoms with van der Waals surface area (Å²) in [7, 11) is 0. The van der Waals surface area contributed by atoms with Gasteiger partial charge in [0.15, 0.2) is 5.43 Å². The lowest BCUT2D eigenvalue weighted by atomic mass is 9.90. The highest BCUT2D eigenvalue weighted by Gasteiger charge is 2.25. The topological polar surface area (TPSA) is 184 Å². The van der Waals surface area contributed by atoms with E-state index in [1.165, 1.54) is 48.5 Å². The van der Waals surface area contributed by atoms with Gasteiger partial charge in [0.25, 0.3) is 0 Å².